The van der Waals surface area contributed by atoms with Crippen LogP contribution < -0.4 is 10.3 Å². The van der Waals surface area contributed by atoms with Crippen molar-refractivity contribution >= 4 is 10.9 Å². The number of hydrogen-bond acceptors (Lipinski definition) is 8. The summed E-state index contributed by atoms with van der Waals surface area (Å²) in [6.45, 7) is 5.35. The maximum atomic E-state index is 12.9. The number of fused-ring (bicyclic) bond motifs is 1. The molecule has 1 aliphatic heterocycles. The Labute approximate surface area is 196 Å². The number of aromatic nitrogens is 5. The molecular weight excluding hydrogens is 436 g/mol. The summed E-state index contributed by atoms with van der Waals surface area (Å²) < 4.78 is 18.7. The molecule has 0 radical (unpaired) electrons. The molecule has 10 heteroatoms. The van der Waals surface area contributed by atoms with Crippen molar-refractivity contribution in [2.45, 2.75) is 45.5 Å². The number of ether oxygens (including phenoxy) is 2. The van der Waals surface area contributed by atoms with Crippen molar-refractivity contribution in [3.05, 3.63) is 70.2 Å². The van der Waals surface area contributed by atoms with Gasteiger partial charge in [0.05, 0.1) is 25.5 Å². The quantitative estimate of drug-likeness (QED) is 0.381. The molecule has 0 bridgehead atoms. The van der Waals surface area contributed by atoms with E-state index in [1.165, 1.54) is 0 Å². The average Bonchev–Trinajstić information content (AvgIpc) is 3.60. The molecule has 1 saturated heterocycles. The summed E-state index contributed by atoms with van der Waals surface area (Å²) in [5.41, 5.74) is 1.35. The van der Waals surface area contributed by atoms with Crippen molar-refractivity contribution in [3.63, 3.8) is 0 Å². The van der Waals surface area contributed by atoms with Gasteiger partial charge in [-0.3, -0.25) is 9.69 Å². The number of benzene rings is 1. The fraction of sp³-hybridized carbons (Fsp3) is 0.417. The van der Waals surface area contributed by atoms with Crippen LogP contribution in [0, 0.1) is 0 Å². The number of nitrogens with one attached hydrogen (secondary N) is 1. The van der Waals surface area contributed by atoms with Crippen molar-refractivity contribution in [2.75, 3.05) is 19.8 Å². The lowest BCUT2D eigenvalue weighted by molar-refractivity contribution is 0.0663. The molecule has 0 spiro atoms. The monoisotopic (exact) mass is 464 g/mol. The molecule has 0 amide bonds. The lowest BCUT2D eigenvalue weighted by Crippen LogP contribution is -2.34. The van der Waals surface area contributed by atoms with Gasteiger partial charge in [-0.05, 0) is 66.6 Å². The van der Waals surface area contributed by atoms with Crippen LogP contribution in [0.1, 0.15) is 36.9 Å². The lowest BCUT2D eigenvalue weighted by Gasteiger charge is -2.24. The maximum Gasteiger partial charge on any atom is 0.252 e. The van der Waals surface area contributed by atoms with Crippen molar-refractivity contribution in [3.8, 4) is 5.75 Å². The molecular formula is C24H28N6O4. The topological polar surface area (TPSA) is 111 Å². The van der Waals surface area contributed by atoms with Crippen LogP contribution in [-0.2, 0) is 24.4 Å². The summed E-state index contributed by atoms with van der Waals surface area (Å²) in [5.74, 6) is 2.25. The molecule has 178 valence electrons. The summed E-state index contributed by atoms with van der Waals surface area (Å²) >= 11 is 0. The summed E-state index contributed by atoms with van der Waals surface area (Å²) in [4.78, 5) is 18.1. The van der Waals surface area contributed by atoms with E-state index in [0.29, 0.717) is 44.2 Å². The molecule has 10 nitrogen and oxygen atoms in total. The molecule has 1 fully saturated rings. The van der Waals surface area contributed by atoms with Gasteiger partial charge in [0.25, 0.3) is 5.56 Å². The Hall–Kier alpha value is -3.50. The Bertz CT molecular complexity index is 1280. The molecule has 1 aliphatic rings. The highest BCUT2D eigenvalue weighted by Gasteiger charge is 2.22. The van der Waals surface area contributed by atoms with Crippen LogP contribution >= 0.6 is 0 Å². The van der Waals surface area contributed by atoms with Gasteiger partial charge in [0, 0.05) is 36.2 Å². The highest BCUT2D eigenvalue weighted by Crippen LogP contribution is 2.21. The molecule has 0 aliphatic carbocycles. The van der Waals surface area contributed by atoms with Gasteiger partial charge < -0.3 is 18.9 Å². The van der Waals surface area contributed by atoms with Crippen molar-refractivity contribution in [1.29, 1.82) is 0 Å². The third kappa shape index (κ3) is 5.18. The van der Waals surface area contributed by atoms with Gasteiger partial charge in [0.2, 0.25) is 0 Å². The molecule has 1 N–H and O–H groups in total. The summed E-state index contributed by atoms with van der Waals surface area (Å²) in [7, 11) is 0. The first kappa shape index (κ1) is 22.3. The van der Waals surface area contributed by atoms with Gasteiger partial charge in [-0.2, -0.15) is 0 Å². The molecule has 0 saturated carbocycles. The van der Waals surface area contributed by atoms with E-state index in [-0.39, 0.29) is 11.7 Å². The zero-order chi connectivity index (χ0) is 23.3. The van der Waals surface area contributed by atoms with E-state index in [4.69, 9.17) is 13.9 Å². The second-order valence-electron chi connectivity index (χ2n) is 8.44. The van der Waals surface area contributed by atoms with Gasteiger partial charge in [0.1, 0.15) is 18.1 Å². The zero-order valence-electron chi connectivity index (χ0n) is 19.1. The smallest absolute Gasteiger partial charge is 0.252 e. The summed E-state index contributed by atoms with van der Waals surface area (Å²) in [6.07, 6.45) is 3.80. The first-order chi connectivity index (χ1) is 16.7. The summed E-state index contributed by atoms with van der Waals surface area (Å²) in [5, 5.41) is 13.1. The van der Waals surface area contributed by atoms with E-state index in [1.807, 2.05) is 43.3 Å². The zero-order valence-corrected chi connectivity index (χ0v) is 19.1. The highest BCUT2D eigenvalue weighted by molar-refractivity contribution is 5.80. The SMILES string of the molecule is CCOc1ccc2[nH]c(=O)c(CN(Cc3nnnn3Cc3ccco3)CC3CCCO3)cc2c1. The van der Waals surface area contributed by atoms with Crippen LogP contribution in [-0.4, -0.2) is 56.0 Å². The third-order valence-electron chi connectivity index (χ3n) is 5.94. The van der Waals surface area contributed by atoms with Crippen molar-refractivity contribution in [1.82, 2.24) is 30.1 Å². The van der Waals surface area contributed by atoms with E-state index in [9.17, 15) is 4.79 Å². The fourth-order valence-corrected chi connectivity index (χ4v) is 4.32. The van der Waals surface area contributed by atoms with E-state index >= 15 is 0 Å². The number of nitrogens with zero attached hydrogens (tertiary/aromatic N) is 5. The Morgan fingerprint density at radius 2 is 2.21 bits per heavy atom. The predicted octanol–water partition coefficient (Wildman–Crippen LogP) is 2.74. The minimum absolute atomic E-state index is 0.107. The third-order valence-corrected chi connectivity index (χ3v) is 5.94. The molecule has 1 unspecified atom stereocenters. The lowest BCUT2D eigenvalue weighted by atomic mass is 10.1. The van der Waals surface area contributed by atoms with Gasteiger partial charge in [-0.1, -0.05) is 0 Å². The maximum absolute atomic E-state index is 12.9. The molecule has 4 aromatic rings. The van der Waals surface area contributed by atoms with Crippen LogP contribution in [0.15, 0.2) is 51.9 Å². The molecule has 1 atom stereocenters. The van der Waals surface area contributed by atoms with Crippen LogP contribution in [0.4, 0.5) is 0 Å². The van der Waals surface area contributed by atoms with Crippen LogP contribution in [0.2, 0.25) is 0 Å². The van der Waals surface area contributed by atoms with Crippen molar-refractivity contribution < 1.29 is 13.9 Å². The van der Waals surface area contributed by atoms with Crippen LogP contribution in [0.25, 0.3) is 10.9 Å². The van der Waals surface area contributed by atoms with E-state index in [0.717, 1.165) is 41.9 Å². The van der Waals surface area contributed by atoms with E-state index < -0.39 is 0 Å². The second-order valence-corrected chi connectivity index (χ2v) is 8.44. The highest BCUT2D eigenvalue weighted by atomic mass is 16.5. The first-order valence-electron chi connectivity index (χ1n) is 11.6. The number of rotatable bonds is 10. The second kappa shape index (κ2) is 10.2. The minimum Gasteiger partial charge on any atom is -0.494 e. The molecule has 3 aromatic heterocycles. The number of furan rings is 1. The molecule has 34 heavy (non-hydrogen) atoms. The Morgan fingerprint density at radius 3 is 3.00 bits per heavy atom. The van der Waals surface area contributed by atoms with Gasteiger partial charge >= 0.3 is 0 Å². The van der Waals surface area contributed by atoms with E-state index in [2.05, 4.69) is 25.4 Å². The van der Waals surface area contributed by atoms with Gasteiger partial charge in [-0.15, -0.1) is 5.10 Å². The number of tetrazole rings is 1. The fourth-order valence-electron chi connectivity index (χ4n) is 4.32. The van der Waals surface area contributed by atoms with Gasteiger partial charge in [0.15, 0.2) is 5.82 Å². The number of aromatic amines is 1. The molecule has 4 heterocycles. The molecule has 5 rings (SSSR count). The van der Waals surface area contributed by atoms with Crippen molar-refractivity contribution in [2.24, 2.45) is 0 Å². The number of H-pyrrole nitrogens is 1. The average molecular weight is 465 g/mol. The first-order valence-corrected chi connectivity index (χ1v) is 11.6. The molecule has 1 aromatic carbocycles. The Kier molecular flexibility index (Phi) is 6.68. The normalized spacial score (nSPS) is 16.0. The number of hydrogen-bond donors (Lipinski definition) is 1. The minimum atomic E-state index is -0.107. The Balaban J connectivity index is 1.40. The standard InChI is InChI=1S/C24H28N6O4/c1-2-32-19-7-8-22-17(12-19)11-18(24(31)25-22)13-29(14-20-5-3-9-33-20)16-23-26-27-28-30(23)15-21-6-4-10-34-21/h4,6-8,10-12,20H,2-3,5,9,13-16H2,1H3,(H,25,31). The van der Waals surface area contributed by atoms with Gasteiger partial charge in [-0.25, -0.2) is 4.68 Å². The largest absolute Gasteiger partial charge is 0.494 e. The Morgan fingerprint density at radius 1 is 1.26 bits per heavy atom. The van der Waals surface area contributed by atoms with Crippen LogP contribution in [0.5, 0.6) is 5.75 Å². The predicted molar refractivity (Wildman–Crippen MR) is 124 cm³/mol. The summed E-state index contributed by atoms with van der Waals surface area (Å²) in [6, 6.07) is 11.4. The van der Waals surface area contributed by atoms with E-state index in [1.54, 1.807) is 10.9 Å². The van der Waals surface area contributed by atoms with Crippen LogP contribution in [0.3, 0.4) is 0 Å². The number of pyridine rings is 1.